The van der Waals surface area contributed by atoms with E-state index in [2.05, 4.69) is 16.2 Å². The van der Waals surface area contributed by atoms with Gasteiger partial charge in [0.15, 0.2) is 0 Å². The van der Waals surface area contributed by atoms with Crippen LogP contribution in [-0.4, -0.2) is 30.9 Å². The van der Waals surface area contributed by atoms with Crippen LogP contribution < -0.4 is 25.6 Å². The Morgan fingerprint density at radius 3 is 2.17 bits per heavy atom. The SMILES string of the molecule is CCOc1ccc(NC(=O)CCC(=O)NNC(=O)c2ccccc2OCCc2ccccc2)cc1. The van der Waals surface area contributed by atoms with Gasteiger partial charge >= 0.3 is 0 Å². The molecule has 0 bridgehead atoms. The van der Waals surface area contributed by atoms with Gasteiger partial charge in [-0.05, 0) is 48.9 Å². The number of ether oxygens (including phenoxy) is 2. The summed E-state index contributed by atoms with van der Waals surface area (Å²) in [6, 6.07) is 23.7. The number of rotatable bonds is 11. The van der Waals surface area contributed by atoms with E-state index in [1.54, 1.807) is 48.5 Å². The van der Waals surface area contributed by atoms with Gasteiger partial charge in [-0.15, -0.1) is 0 Å². The van der Waals surface area contributed by atoms with Crippen LogP contribution in [0, 0.1) is 0 Å². The summed E-state index contributed by atoms with van der Waals surface area (Å²) in [5.74, 6) is -0.170. The zero-order valence-electron chi connectivity index (χ0n) is 19.6. The zero-order valence-corrected chi connectivity index (χ0v) is 19.6. The summed E-state index contributed by atoms with van der Waals surface area (Å²) in [6.07, 6.45) is 0.582. The number of carbonyl (C=O) groups excluding carboxylic acids is 3. The zero-order chi connectivity index (χ0) is 24.9. The van der Waals surface area contributed by atoms with E-state index < -0.39 is 11.8 Å². The Morgan fingerprint density at radius 2 is 1.43 bits per heavy atom. The molecule has 0 saturated heterocycles. The van der Waals surface area contributed by atoms with Crippen molar-refractivity contribution in [2.45, 2.75) is 26.2 Å². The van der Waals surface area contributed by atoms with E-state index in [0.717, 1.165) is 5.56 Å². The topological polar surface area (TPSA) is 106 Å². The van der Waals surface area contributed by atoms with E-state index in [4.69, 9.17) is 9.47 Å². The molecule has 3 aromatic carbocycles. The standard InChI is InChI=1S/C27H29N3O5/c1-2-34-22-14-12-21(13-15-22)28-25(31)16-17-26(32)29-30-27(33)23-10-6-7-11-24(23)35-19-18-20-8-4-3-5-9-20/h3-15H,2,16-19H2,1H3,(H,28,31)(H,29,32)(H,30,33). The largest absolute Gasteiger partial charge is 0.494 e. The Morgan fingerprint density at radius 1 is 0.743 bits per heavy atom. The van der Waals surface area contributed by atoms with Gasteiger partial charge in [0.05, 0.1) is 18.8 Å². The summed E-state index contributed by atoms with van der Waals surface area (Å²) in [6.45, 7) is 2.86. The molecule has 0 aromatic heterocycles. The number of hydrazine groups is 1. The van der Waals surface area contributed by atoms with Crippen LogP contribution in [0.1, 0.15) is 35.7 Å². The molecule has 35 heavy (non-hydrogen) atoms. The molecule has 0 unspecified atom stereocenters. The van der Waals surface area contributed by atoms with Gasteiger partial charge in [0.2, 0.25) is 11.8 Å². The van der Waals surface area contributed by atoms with E-state index >= 15 is 0 Å². The number of para-hydroxylation sites is 1. The molecule has 0 saturated carbocycles. The fourth-order valence-electron chi connectivity index (χ4n) is 3.21. The second-order valence-corrected chi connectivity index (χ2v) is 7.59. The lowest BCUT2D eigenvalue weighted by Gasteiger charge is -2.12. The summed E-state index contributed by atoms with van der Waals surface area (Å²) in [5, 5.41) is 2.72. The van der Waals surface area contributed by atoms with Crippen molar-refractivity contribution in [2.75, 3.05) is 18.5 Å². The molecular formula is C27H29N3O5. The highest BCUT2D eigenvalue weighted by Gasteiger charge is 2.14. The number of anilines is 1. The van der Waals surface area contributed by atoms with Gasteiger partial charge in [0.25, 0.3) is 5.91 Å². The van der Waals surface area contributed by atoms with Gasteiger partial charge < -0.3 is 14.8 Å². The van der Waals surface area contributed by atoms with Crippen molar-refractivity contribution in [3.63, 3.8) is 0 Å². The molecule has 3 N–H and O–H groups in total. The van der Waals surface area contributed by atoms with Gasteiger partial charge in [-0.25, -0.2) is 0 Å². The first kappa shape index (κ1) is 25.3. The number of hydrogen-bond acceptors (Lipinski definition) is 5. The first-order chi connectivity index (χ1) is 17.0. The van der Waals surface area contributed by atoms with Crippen molar-refractivity contribution < 1.29 is 23.9 Å². The van der Waals surface area contributed by atoms with Crippen LogP contribution >= 0.6 is 0 Å². The average molecular weight is 476 g/mol. The van der Waals surface area contributed by atoms with Gasteiger partial charge in [0.1, 0.15) is 11.5 Å². The molecule has 0 aliphatic rings. The van der Waals surface area contributed by atoms with Gasteiger partial charge in [-0.2, -0.15) is 0 Å². The van der Waals surface area contributed by atoms with Gasteiger partial charge in [-0.3, -0.25) is 25.2 Å². The lowest BCUT2D eigenvalue weighted by atomic mass is 10.1. The molecule has 0 fully saturated rings. The van der Waals surface area contributed by atoms with Crippen LogP contribution in [0.2, 0.25) is 0 Å². The molecule has 3 aromatic rings. The molecule has 0 spiro atoms. The average Bonchev–Trinajstić information content (AvgIpc) is 2.88. The summed E-state index contributed by atoms with van der Waals surface area (Å²) in [5.41, 5.74) is 6.76. The first-order valence-corrected chi connectivity index (χ1v) is 11.4. The highest BCUT2D eigenvalue weighted by molar-refractivity contribution is 5.98. The fourth-order valence-corrected chi connectivity index (χ4v) is 3.21. The summed E-state index contributed by atoms with van der Waals surface area (Å²) in [7, 11) is 0. The maximum absolute atomic E-state index is 12.6. The van der Waals surface area contributed by atoms with Crippen LogP contribution in [0.3, 0.4) is 0 Å². The highest BCUT2D eigenvalue weighted by Crippen LogP contribution is 2.18. The van der Waals surface area contributed by atoms with Crippen molar-refractivity contribution in [1.29, 1.82) is 0 Å². The van der Waals surface area contributed by atoms with Crippen molar-refractivity contribution in [1.82, 2.24) is 10.9 Å². The molecule has 0 atom stereocenters. The Hall–Kier alpha value is -4.33. The molecule has 0 heterocycles. The number of amides is 3. The van der Waals surface area contributed by atoms with E-state index in [0.29, 0.717) is 42.4 Å². The second kappa shape index (κ2) is 13.4. The smallest absolute Gasteiger partial charge is 0.273 e. The maximum atomic E-state index is 12.6. The third-order valence-electron chi connectivity index (χ3n) is 4.97. The monoisotopic (exact) mass is 475 g/mol. The molecule has 0 aliphatic carbocycles. The lowest BCUT2D eigenvalue weighted by molar-refractivity contribution is -0.124. The van der Waals surface area contributed by atoms with Gasteiger partial charge in [-0.1, -0.05) is 42.5 Å². The second-order valence-electron chi connectivity index (χ2n) is 7.59. The molecule has 8 nitrogen and oxygen atoms in total. The Balaban J connectivity index is 1.41. The number of hydrogen-bond donors (Lipinski definition) is 3. The van der Waals surface area contributed by atoms with Crippen LogP contribution in [0.25, 0.3) is 0 Å². The Bertz CT molecular complexity index is 1120. The van der Waals surface area contributed by atoms with Crippen LogP contribution in [0.4, 0.5) is 5.69 Å². The van der Waals surface area contributed by atoms with Crippen LogP contribution in [-0.2, 0) is 16.0 Å². The number of carbonyl (C=O) groups is 3. The minimum absolute atomic E-state index is 0.0336. The minimum Gasteiger partial charge on any atom is -0.494 e. The van der Waals surface area contributed by atoms with Crippen LogP contribution in [0.5, 0.6) is 11.5 Å². The van der Waals surface area contributed by atoms with E-state index in [9.17, 15) is 14.4 Å². The van der Waals surface area contributed by atoms with Gasteiger partial charge in [0, 0.05) is 24.9 Å². The summed E-state index contributed by atoms with van der Waals surface area (Å²) in [4.78, 5) is 36.8. The Kier molecular flexibility index (Phi) is 9.68. The third-order valence-corrected chi connectivity index (χ3v) is 4.97. The predicted octanol–water partition coefficient (Wildman–Crippen LogP) is 3.89. The van der Waals surface area contributed by atoms with E-state index in [1.807, 2.05) is 37.3 Å². The predicted molar refractivity (Wildman–Crippen MR) is 133 cm³/mol. The van der Waals surface area contributed by atoms with E-state index in [-0.39, 0.29) is 18.7 Å². The molecular weight excluding hydrogens is 446 g/mol. The Labute approximate surface area is 204 Å². The molecule has 0 aliphatic heterocycles. The molecule has 182 valence electrons. The maximum Gasteiger partial charge on any atom is 0.273 e. The number of nitrogens with one attached hydrogen (secondary N) is 3. The highest BCUT2D eigenvalue weighted by atomic mass is 16.5. The summed E-state index contributed by atoms with van der Waals surface area (Å²) < 4.78 is 11.2. The molecule has 0 radical (unpaired) electrons. The quantitative estimate of drug-likeness (QED) is 0.365. The van der Waals surface area contributed by atoms with E-state index in [1.165, 1.54) is 0 Å². The number of benzene rings is 3. The van der Waals surface area contributed by atoms with Crippen molar-refractivity contribution in [3.8, 4) is 11.5 Å². The normalized spacial score (nSPS) is 10.2. The van der Waals surface area contributed by atoms with Crippen LogP contribution in [0.15, 0.2) is 78.9 Å². The van der Waals surface area contributed by atoms with Crippen molar-refractivity contribution in [3.05, 3.63) is 90.0 Å². The lowest BCUT2D eigenvalue weighted by Crippen LogP contribution is -2.42. The third kappa shape index (κ3) is 8.51. The van der Waals surface area contributed by atoms with Crippen molar-refractivity contribution in [2.24, 2.45) is 0 Å². The fraction of sp³-hybridized carbons (Fsp3) is 0.222. The first-order valence-electron chi connectivity index (χ1n) is 11.4. The minimum atomic E-state index is -0.507. The molecule has 3 rings (SSSR count). The summed E-state index contributed by atoms with van der Waals surface area (Å²) >= 11 is 0. The molecule has 3 amide bonds. The van der Waals surface area contributed by atoms with Crippen molar-refractivity contribution >= 4 is 23.4 Å². The molecule has 8 heteroatoms.